The topological polar surface area (TPSA) is 97.1 Å². The minimum atomic E-state index is -4.88. The van der Waals surface area contributed by atoms with Crippen LogP contribution in [0.1, 0.15) is 10.4 Å². The summed E-state index contributed by atoms with van der Waals surface area (Å²) in [5.74, 6) is -1.29. The SMILES string of the molecule is O=C(NC(CO)C(F)(F)F)c1cc(-c2ccc(Cl)cc2)nn(-c2cnsc2)c1=O. The van der Waals surface area contributed by atoms with Gasteiger partial charge in [0.05, 0.1) is 24.2 Å². The van der Waals surface area contributed by atoms with Crippen molar-refractivity contribution >= 4 is 29.0 Å². The summed E-state index contributed by atoms with van der Waals surface area (Å²) in [5, 5.41) is 16.7. The van der Waals surface area contributed by atoms with Crippen molar-refractivity contribution in [3.8, 4) is 16.9 Å². The molecule has 0 bridgehead atoms. The van der Waals surface area contributed by atoms with Crippen LogP contribution in [0.15, 0.2) is 46.7 Å². The van der Waals surface area contributed by atoms with E-state index in [2.05, 4.69) is 9.47 Å². The fourth-order valence-corrected chi connectivity index (χ4v) is 2.99. The zero-order valence-electron chi connectivity index (χ0n) is 14.4. The van der Waals surface area contributed by atoms with Gasteiger partial charge >= 0.3 is 6.18 Å². The van der Waals surface area contributed by atoms with Gasteiger partial charge in [-0.2, -0.15) is 27.3 Å². The van der Waals surface area contributed by atoms with E-state index in [-0.39, 0.29) is 11.4 Å². The van der Waals surface area contributed by atoms with Crippen molar-refractivity contribution in [2.45, 2.75) is 12.2 Å². The summed E-state index contributed by atoms with van der Waals surface area (Å²) in [5.41, 5.74) is -0.613. The number of nitrogens with one attached hydrogen (secondary N) is 1. The molecule has 1 atom stereocenters. The predicted octanol–water partition coefficient (Wildman–Crippen LogP) is 2.66. The van der Waals surface area contributed by atoms with Crippen LogP contribution in [0.5, 0.6) is 0 Å². The average Bonchev–Trinajstić information content (AvgIpc) is 3.20. The molecule has 0 fully saturated rings. The summed E-state index contributed by atoms with van der Waals surface area (Å²) >= 11 is 6.89. The summed E-state index contributed by atoms with van der Waals surface area (Å²) in [4.78, 5) is 25.2. The van der Waals surface area contributed by atoms with E-state index in [0.29, 0.717) is 10.6 Å². The van der Waals surface area contributed by atoms with E-state index in [1.54, 1.807) is 29.6 Å². The number of benzene rings is 1. The third kappa shape index (κ3) is 4.63. The number of carbonyl (C=O) groups excluding carboxylic acids is 1. The van der Waals surface area contributed by atoms with Crippen molar-refractivity contribution in [1.82, 2.24) is 19.5 Å². The van der Waals surface area contributed by atoms with Crippen LogP contribution in [0.2, 0.25) is 5.02 Å². The van der Waals surface area contributed by atoms with Crippen LogP contribution < -0.4 is 10.9 Å². The maximum absolute atomic E-state index is 12.9. The largest absolute Gasteiger partial charge is 0.410 e. The van der Waals surface area contributed by atoms with Crippen LogP contribution in [-0.4, -0.2) is 44.0 Å². The first-order chi connectivity index (χ1) is 13.7. The molecule has 0 radical (unpaired) electrons. The fourth-order valence-electron chi connectivity index (χ4n) is 2.36. The number of amides is 1. The lowest BCUT2D eigenvalue weighted by Crippen LogP contribution is -2.49. The molecule has 0 aliphatic carbocycles. The van der Waals surface area contributed by atoms with E-state index in [9.17, 15) is 22.8 Å². The van der Waals surface area contributed by atoms with Gasteiger partial charge in [0.2, 0.25) is 0 Å². The Morgan fingerprint density at radius 2 is 2.00 bits per heavy atom. The molecule has 12 heteroatoms. The molecule has 0 saturated carbocycles. The van der Waals surface area contributed by atoms with Crippen molar-refractivity contribution in [1.29, 1.82) is 0 Å². The first kappa shape index (κ1) is 21.0. The number of aliphatic hydroxyl groups is 1. The van der Waals surface area contributed by atoms with E-state index in [1.165, 1.54) is 11.6 Å². The van der Waals surface area contributed by atoms with Gasteiger partial charge in [0.15, 0.2) is 0 Å². The molecule has 7 nitrogen and oxygen atoms in total. The Morgan fingerprint density at radius 3 is 2.55 bits per heavy atom. The van der Waals surface area contributed by atoms with Crippen molar-refractivity contribution in [2.24, 2.45) is 0 Å². The molecule has 29 heavy (non-hydrogen) atoms. The van der Waals surface area contributed by atoms with Gasteiger partial charge in [-0.15, -0.1) is 0 Å². The van der Waals surface area contributed by atoms with Gasteiger partial charge in [-0.1, -0.05) is 23.7 Å². The van der Waals surface area contributed by atoms with Crippen LogP contribution >= 0.6 is 23.1 Å². The number of rotatable bonds is 5. The highest BCUT2D eigenvalue weighted by molar-refractivity contribution is 7.03. The minimum Gasteiger partial charge on any atom is -0.394 e. The van der Waals surface area contributed by atoms with Crippen LogP contribution in [0, 0.1) is 0 Å². The number of aromatic nitrogens is 3. The predicted molar refractivity (Wildman–Crippen MR) is 100 cm³/mol. The Hall–Kier alpha value is -2.76. The number of hydrogen-bond donors (Lipinski definition) is 2. The molecule has 0 aliphatic heterocycles. The lowest BCUT2D eigenvalue weighted by Gasteiger charge is -2.19. The Balaban J connectivity index is 2.11. The van der Waals surface area contributed by atoms with Crippen LogP contribution in [-0.2, 0) is 0 Å². The van der Waals surface area contributed by atoms with E-state index < -0.39 is 35.9 Å². The minimum absolute atomic E-state index is 0.158. The zero-order chi connectivity index (χ0) is 21.2. The monoisotopic (exact) mass is 444 g/mol. The lowest BCUT2D eigenvalue weighted by atomic mass is 10.1. The number of carbonyl (C=O) groups is 1. The number of alkyl halides is 3. The van der Waals surface area contributed by atoms with Crippen molar-refractivity contribution in [3.05, 3.63) is 62.8 Å². The highest BCUT2D eigenvalue weighted by Gasteiger charge is 2.40. The molecule has 1 unspecified atom stereocenters. The van der Waals surface area contributed by atoms with Gasteiger partial charge in [-0.05, 0) is 29.7 Å². The van der Waals surface area contributed by atoms with Crippen molar-refractivity contribution < 1.29 is 23.1 Å². The highest BCUT2D eigenvalue weighted by atomic mass is 35.5. The standard InChI is InChI=1S/C17H12ClF3N4O3S/c18-10-3-1-9(2-4-10)13-5-12(15(27)23-14(7-26)17(19,20)21)16(28)25(24-13)11-6-22-29-8-11/h1-6,8,14,26H,7H2,(H,23,27). The number of nitrogens with zero attached hydrogens (tertiary/aromatic N) is 3. The molecule has 152 valence electrons. The van der Waals surface area contributed by atoms with Gasteiger partial charge in [-0.3, -0.25) is 9.59 Å². The van der Waals surface area contributed by atoms with Crippen molar-refractivity contribution in [2.75, 3.05) is 6.61 Å². The molecule has 2 N–H and O–H groups in total. The Bertz CT molecular complexity index is 1070. The van der Waals surface area contributed by atoms with Crippen molar-refractivity contribution in [3.63, 3.8) is 0 Å². The molecule has 1 aromatic carbocycles. The third-order valence-corrected chi connectivity index (χ3v) is 4.67. The molecular formula is C17H12ClF3N4O3S. The zero-order valence-corrected chi connectivity index (χ0v) is 15.9. The second kappa shape index (κ2) is 8.31. The molecular weight excluding hydrogens is 433 g/mol. The lowest BCUT2D eigenvalue weighted by molar-refractivity contribution is -0.161. The number of hydrogen-bond acceptors (Lipinski definition) is 6. The molecule has 2 heterocycles. The van der Waals surface area contributed by atoms with Gasteiger partial charge in [-0.25, -0.2) is 0 Å². The van der Waals surface area contributed by atoms with Gasteiger partial charge < -0.3 is 10.4 Å². The van der Waals surface area contributed by atoms with E-state index >= 15 is 0 Å². The fraction of sp³-hybridized carbons (Fsp3) is 0.176. The molecule has 0 aliphatic rings. The van der Waals surface area contributed by atoms with E-state index in [0.717, 1.165) is 22.3 Å². The maximum Gasteiger partial charge on any atom is 0.410 e. The molecule has 2 aromatic heterocycles. The van der Waals surface area contributed by atoms with E-state index in [1.807, 2.05) is 0 Å². The van der Waals surface area contributed by atoms with E-state index in [4.69, 9.17) is 16.7 Å². The van der Waals surface area contributed by atoms with Gasteiger partial charge in [0.25, 0.3) is 11.5 Å². The summed E-state index contributed by atoms with van der Waals surface area (Å²) in [6.07, 6.45) is -3.55. The maximum atomic E-state index is 12.9. The van der Waals surface area contributed by atoms with Crippen LogP contribution in [0.4, 0.5) is 13.2 Å². The van der Waals surface area contributed by atoms with Gasteiger partial charge in [0.1, 0.15) is 11.6 Å². The smallest absolute Gasteiger partial charge is 0.394 e. The first-order valence-electron chi connectivity index (χ1n) is 7.99. The molecule has 3 rings (SSSR count). The average molecular weight is 445 g/mol. The highest BCUT2D eigenvalue weighted by Crippen LogP contribution is 2.22. The summed E-state index contributed by atoms with van der Waals surface area (Å²) in [6.45, 7) is -1.37. The Kier molecular flexibility index (Phi) is 6.01. The second-order valence-electron chi connectivity index (χ2n) is 5.80. The first-order valence-corrected chi connectivity index (χ1v) is 9.20. The molecule has 0 saturated heterocycles. The quantitative estimate of drug-likeness (QED) is 0.630. The van der Waals surface area contributed by atoms with Crippen LogP contribution in [0.3, 0.4) is 0 Å². The number of aliphatic hydroxyl groups excluding tert-OH is 1. The summed E-state index contributed by atoms with van der Waals surface area (Å²) in [7, 11) is 0. The van der Waals surface area contributed by atoms with Crippen LogP contribution in [0.25, 0.3) is 16.9 Å². The summed E-state index contributed by atoms with van der Waals surface area (Å²) < 4.78 is 43.4. The Morgan fingerprint density at radius 1 is 1.31 bits per heavy atom. The molecule has 1 amide bonds. The Labute approximate surface area is 170 Å². The molecule has 3 aromatic rings. The second-order valence-corrected chi connectivity index (χ2v) is 6.89. The normalized spacial score (nSPS) is 12.6. The third-order valence-electron chi connectivity index (χ3n) is 3.84. The molecule has 0 spiro atoms. The summed E-state index contributed by atoms with van der Waals surface area (Å²) in [6, 6.07) is 4.86. The van der Waals surface area contributed by atoms with Gasteiger partial charge in [0, 0.05) is 16.0 Å². The number of halogens is 4.